The van der Waals surface area contributed by atoms with Crippen molar-refractivity contribution in [2.45, 2.75) is 91.5 Å². The Bertz CT molecular complexity index is 944. The summed E-state index contributed by atoms with van der Waals surface area (Å²) < 4.78 is 5.22. The zero-order valence-electron chi connectivity index (χ0n) is 22.6. The smallest absolute Gasteiger partial charge is 0.407 e. The highest BCUT2D eigenvalue weighted by Gasteiger charge is 2.27. The van der Waals surface area contributed by atoms with Crippen LogP contribution in [0, 0.1) is 16.0 Å². The number of Topliss-reactive ketones (excluding diaryl/α,β-unsaturated/α-hetero) is 1. The molecular formula is C26H40N4O7. The summed E-state index contributed by atoms with van der Waals surface area (Å²) in [5.74, 6) is -1.39. The van der Waals surface area contributed by atoms with Gasteiger partial charge in [0, 0.05) is 36.9 Å². The SMILES string of the molecule is CCC(C)[C@H](NC(=O)c1cccc(CNC(=O)OC(C)(C)C)c1)C(=O)NCCCCC(C(C)=O)[N+](=O)[O-]. The van der Waals surface area contributed by atoms with Crippen molar-refractivity contribution in [3.63, 3.8) is 0 Å². The van der Waals surface area contributed by atoms with E-state index >= 15 is 0 Å². The maximum Gasteiger partial charge on any atom is 0.407 e. The van der Waals surface area contributed by atoms with Crippen molar-refractivity contribution in [1.82, 2.24) is 16.0 Å². The fourth-order valence-corrected chi connectivity index (χ4v) is 3.48. The highest BCUT2D eigenvalue weighted by molar-refractivity contribution is 5.97. The lowest BCUT2D eigenvalue weighted by Crippen LogP contribution is -2.50. The molecule has 11 nitrogen and oxygen atoms in total. The fourth-order valence-electron chi connectivity index (χ4n) is 3.48. The number of alkyl carbamates (subject to hydrolysis) is 1. The van der Waals surface area contributed by atoms with E-state index in [1.807, 2.05) is 13.8 Å². The highest BCUT2D eigenvalue weighted by atomic mass is 16.6. The number of carbonyl (C=O) groups excluding carboxylic acids is 4. The van der Waals surface area contributed by atoms with Gasteiger partial charge in [-0.3, -0.25) is 24.5 Å². The van der Waals surface area contributed by atoms with E-state index in [9.17, 15) is 29.3 Å². The van der Waals surface area contributed by atoms with Gasteiger partial charge in [0.15, 0.2) is 0 Å². The van der Waals surface area contributed by atoms with Gasteiger partial charge in [0.2, 0.25) is 11.7 Å². The van der Waals surface area contributed by atoms with Crippen molar-refractivity contribution < 1.29 is 28.8 Å². The van der Waals surface area contributed by atoms with E-state index in [0.29, 0.717) is 30.4 Å². The van der Waals surface area contributed by atoms with Gasteiger partial charge in [-0.05, 0) is 57.2 Å². The summed E-state index contributed by atoms with van der Waals surface area (Å²) in [5, 5.41) is 19.1. The van der Waals surface area contributed by atoms with Gasteiger partial charge in [0.25, 0.3) is 11.9 Å². The summed E-state index contributed by atoms with van der Waals surface area (Å²) in [6, 6.07) is 4.72. The van der Waals surface area contributed by atoms with E-state index in [0.717, 1.165) is 0 Å². The fraction of sp³-hybridized carbons (Fsp3) is 0.615. The Balaban J connectivity index is 2.69. The van der Waals surface area contributed by atoms with Gasteiger partial charge in [-0.2, -0.15) is 0 Å². The van der Waals surface area contributed by atoms with Crippen LogP contribution in [-0.2, 0) is 20.9 Å². The molecule has 0 aliphatic carbocycles. The Kier molecular flexibility index (Phi) is 12.7. The number of nitrogens with one attached hydrogen (secondary N) is 3. The predicted octanol–water partition coefficient (Wildman–Crippen LogP) is 3.38. The van der Waals surface area contributed by atoms with E-state index in [-0.39, 0.29) is 31.3 Å². The zero-order valence-corrected chi connectivity index (χ0v) is 22.6. The quantitative estimate of drug-likeness (QED) is 0.193. The van der Waals surface area contributed by atoms with Crippen LogP contribution in [0.2, 0.25) is 0 Å². The lowest BCUT2D eigenvalue weighted by Gasteiger charge is -2.24. The molecule has 0 saturated carbocycles. The second-order valence-electron chi connectivity index (χ2n) is 10.1. The minimum Gasteiger partial charge on any atom is -0.444 e. The minimum absolute atomic E-state index is 0.114. The molecule has 0 aliphatic rings. The van der Waals surface area contributed by atoms with Crippen LogP contribution in [0.3, 0.4) is 0 Å². The zero-order chi connectivity index (χ0) is 28.2. The Hall–Kier alpha value is -3.50. The summed E-state index contributed by atoms with van der Waals surface area (Å²) in [7, 11) is 0. The predicted molar refractivity (Wildman–Crippen MR) is 139 cm³/mol. The first kappa shape index (κ1) is 31.5. The van der Waals surface area contributed by atoms with Crippen LogP contribution in [-0.4, -0.2) is 52.8 Å². The first-order valence-corrected chi connectivity index (χ1v) is 12.5. The standard InChI is InChI=1S/C26H40N4O7/c1-7-17(2)22(24(33)27-14-9-8-13-21(18(3)31)30(35)36)29-23(32)20-12-10-11-19(15-20)16-28-25(34)37-26(4,5)6/h10-12,15,17,21-22H,7-9,13-14,16H2,1-6H3,(H,27,33)(H,28,34)(H,29,32)/t17?,21?,22-/m0/s1. The molecule has 3 amide bonds. The molecule has 0 fully saturated rings. The number of nitro groups is 1. The van der Waals surface area contributed by atoms with Crippen LogP contribution in [0.5, 0.6) is 0 Å². The molecular weight excluding hydrogens is 480 g/mol. The molecule has 0 radical (unpaired) electrons. The van der Waals surface area contributed by atoms with E-state index in [2.05, 4.69) is 16.0 Å². The Morgan fingerprint density at radius 2 is 1.78 bits per heavy atom. The summed E-state index contributed by atoms with van der Waals surface area (Å²) >= 11 is 0. The average Bonchev–Trinajstić information content (AvgIpc) is 2.81. The third kappa shape index (κ3) is 11.9. The molecule has 3 atom stereocenters. The molecule has 0 saturated heterocycles. The third-order valence-electron chi connectivity index (χ3n) is 5.73. The first-order valence-electron chi connectivity index (χ1n) is 12.5. The van der Waals surface area contributed by atoms with Gasteiger partial charge < -0.3 is 20.7 Å². The maximum atomic E-state index is 12.9. The minimum atomic E-state index is -1.22. The van der Waals surface area contributed by atoms with Crippen molar-refractivity contribution in [2.75, 3.05) is 6.54 Å². The molecule has 0 aromatic heterocycles. The van der Waals surface area contributed by atoms with Crippen molar-refractivity contribution >= 4 is 23.7 Å². The van der Waals surface area contributed by atoms with Gasteiger partial charge in [0.05, 0.1) is 0 Å². The van der Waals surface area contributed by atoms with Crippen LogP contribution in [0.4, 0.5) is 4.79 Å². The molecule has 2 unspecified atom stereocenters. The Morgan fingerprint density at radius 3 is 2.35 bits per heavy atom. The molecule has 11 heteroatoms. The van der Waals surface area contributed by atoms with Gasteiger partial charge in [-0.15, -0.1) is 0 Å². The molecule has 1 aromatic rings. The second-order valence-corrected chi connectivity index (χ2v) is 10.1. The largest absolute Gasteiger partial charge is 0.444 e. The number of carbonyl (C=O) groups is 4. The number of ether oxygens (including phenoxy) is 1. The third-order valence-corrected chi connectivity index (χ3v) is 5.73. The van der Waals surface area contributed by atoms with E-state index in [4.69, 9.17) is 4.74 Å². The number of amides is 3. The molecule has 1 aromatic carbocycles. The van der Waals surface area contributed by atoms with Crippen molar-refractivity contribution in [1.29, 1.82) is 0 Å². The van der Waals surface area contributed by atoms with E-state index in [1.54, 1.807) is 45.0 Å². The summed E-state index contributed by atoms with van der Waals surface area (Å²) in [6.07, 6.45) is 1.09. The molecule has 3 N–H and O–H groups in total. The van der Waals surface area contributed by atoms with Crippen LogP contribution in [0.25, 0.3) is 0 Å². The summed E-state index contributed by atoms with van der Waals surface area (Å²) in [4.78, 5) is 59.3. The van der Waals surface area contributed by atoms with E-state index < -0.39 is 40.4 Å². The normalized spacial score (nSPS) is 13.6. The Labute approximate surface area is 218 Å². The Morgan fingerprint density at radius 1 is 1.11 bits per heavy atom. The summed E-state index contributed by atoms with van der Waals surface area (Å²) in [5.41, 5.74) is 0.421. The number of unbranched alkanes of at least 4 members (excludes halogenated alkanes) is 1. The van der Waals surface area contributed by atoms with Crippen LogP contribution in [0.1, 0.15) is 83.1 Å². The monoisotopic (exact) mass is 520 g/mol. The lowest BCUT2D eigenvalue weighted by molar-refractivity contribution is -0.508. The lowest BCUT2D eigenvalue weighted by atomic mass is 9.97. The van der Waals surface area contributed by atoms with Crippen LogP contribution < -0.4 is 16.0 Å². The van der Waals surface area contributed by atoms with Crippen molar-refractivity contribution in [3.05, 3.63) is 45.5 Å². The van der Waals surface area contributed by atoms with Crippen LogP contribution >= 0.6 is 0 Å². The van der Waals surface area contributed by atoms with Gasteiger partial charge >= 0.3 is 6.09 Å². The van der Waals surface area contributed by atoms with Gasteiger partial charge in [-0.25, -0.2) is 4.79 Å². The first-order chi connectivity index (χ1) is 17.2. The number of nitrogens with zero attached hydrogens (tertiary/aromatic N) is 1. The molecule has 0 heterocycles. The molecule has 206 valence electrons. The molecule has 0 aliphatic heterocycles. The number of hydrogen-bond donors (Lipinski definition) is 3. The topological polar surface area (TPSA) is 157 Å². The number of benzene rings is 1. The second kappa shape index (κ2) is 14.9. The maximum absolute atomic E-state index is 12.9. The van der Waals surface area contributed by atoms with Gasteiger partial charge in [-0.1, -0.05) is 32.4 Å². The number of rotatable bonds is 14. The molecule has 0 bridgehead atoms. The molecule has 1 rings (SSSR count). The van der Waals surface area contributed by atoms with E-state index in [1.165, 1.54) is 6.92 Å². The number of hydrogen-bond acceptors (Lipinski definition) is 7. The molecule has 37 heavy (non-hydrogen) atoms. The molecule has 0 spiro atoms. The summed E-state index contributed by atoms with van der Waals surface area (Å²) in [6.45, 7) is 10.7. The number of ketones is 1. The van der Waals surface area contributed by atoms with Crippen molar-refractivity contribution in [3.8, 4) is 0 Å². The highest BCUT2D eigenvalue weighted by Crippen LogP contribution is 2.12. The average molecular weight is 521 g/mol. The van der Waals surface area contributed by atoms with Crippen LogP contribution in [0.15, 0.2) is 24.3 Å². The van der Waals surface area contributed by atoms with Gasteiger partial charge in [0.1, 0.15) is 11.6 Å². The van der Waals surface area contributed by atoms with Crippen molar-refractivity contribution in [2.24, 2.45) is 5.92 Å².